The van der Waals surface area contributed by atoms with Gasteiger partial charge < -0.3 is 21.1 Å². The first kappa shape index (κ1) is 29.0. The number of hydrogen-bond donors (Lipinski definition) is 4. The van der Waals surface area contributed by atoms with Gasteiger partial charge in [0.2, 0.25) is 5.91 Å². The van der Waals surface area contributed by atoms with E-state index in [1.807, 2.05) is 6.92 Å². The Balaban J connectivity index is 1.21. The van der Waals surface area contributed by atoms with E-state index in [2.05, 4.69) is 25.8 Å². The molecule has 2 heterocycles. The number of nitrogens with zero attached hydrogens (tertiary/aromatic N) is 2. The molecular weight excluding hydrogens is 535 g/mol. The first-order valence-corrected chi connectivity index (χ1v) is 13.8. The lowest BCUT2D eigenvalue weighted by Crippen LogP contribution is -2.45. The Morgan fingerprint density at radius 1 is 1.15 bits per heavy atom. The molecule has 1 aromatic heterocycles. The number of halogens is 3. The Kier molecular flexibility index (Phi) is 8.92. The molecule has 1 saturated heterocycles. The number of aromatic nitrogens is 1. The fourth-order valence-corrected chi connectivity index (χ4v) is 6.12. The highest BCUT2D eigenvalue weighted by molar-refractivity contribution is 7.13. The van der Waals surface area contributed by atoms with Gasteiger partial charge in [0.1, 0.15) is 5.60 Å². The second kappa shape index (κ2) is 12.0. The summed E-state index contributed by atoms with van der Waals surface area (Å²) in [5.41, 5.74) is -2.10. The number of amides is 3. The van der Waals surface area contributed by atoms with E-state index in [4.69, 9.17) is 0 Å². The maximum atomic E-state index is 12.9. The molecule has 2 fully saturated rings. The van der Waals surface area contributed by atoms with Gasteiger partial charge in [-0.15, -0.1) is 11.3 Å². The summed E-state index contributed by atoms with van der Waals surface area (Å²) in [6, 6.07) is 4.20. The second-order valence-electron chi connectivity index (χ2n) is 9.96. The van der Waals surface area contributed by atoms with E-state index in [9.17, 15) is 32.7 Å². The SMILES string of the molecule is CCNC(=O)c1ncc(C2(O)CCC(N3CCC(NC(=O)CNC(=O)c4cccc(C(F)(F)F)c4)C3)CC2)s1. The Hall–Kier alpha value is -3.03. The fraction of sp³-hybridized carbons (Fsp3) is 0.538. The summed E-state index contributed by atoms with van der Waals surface area (Å²) >= 11 is 1.22. The standard InChI is InChI=1S/C26H32F3N5O4S/c1-2-30-23(37)24-32-13-20(39-24)25(38)9-6-19(7-10-25)34-11-8-18(15-34)33-21(35)14-31-22(36)16-4-3-5-17(12-16)26(27,28)29/h3-5,12-13,18-19,38H,2,6-11,14-15H2,1H3,(H,30,37)(H,31,36)(H,33,35). The highest BCUT2D eigenvalue weighted by Gasteiger charge is 2.40. The van der Waals surface area contributed by atoms with Crippen molar-refractivity contribution >= 4 is 29.1 Å². The van der Waals surface area contributed by atoms with Gasteiger partial charge in [-0.05, 0) is 57.2 Å². The highest BCUT2D eigenvalue weighted by Crippen LogP contribution is 2.41. The van der Waals surface area contributed by atoms with Crippen molar-refractivity contribution in [3.8, 4) is 0 Å². The molecule has 1 saturated carbocycles. The third kappa shape index (κ3) is 7.14. The lowest BCUT2D eigenvalue weighted by molar-refractivity contribution is -0.137. The van der Waals surface area contributed by atoms with Crippen molar-refractivity contribution in [3.63, 3.8) is 0 Å². The van der Waals surface area contributed by atoms with Crippen LogP contribution in [0.25, 0.3) is 0 Å². The minimum absolute atomic E-state index is 0.107. The quantitative estimate of drug-likeness (QED) is 0.389. The van der Waals surface area contributed by atoms with Crippen LogP contribution in [0.2, 0.25) is 0 Å². The molecule has 1 aliphatic carbocycles. The van der Waals surface area contributed by atoms with Crippen molar-refractivity contribution in [2.75, 3.05) is 26.2 Å². The van der Waals surface area contributed by atoms with Gasteiger partial charge in [0.25, 0.3) is 11.8 Å². The molecule has 1 aliphatic heterocycles. The summed E-state index contributed by atoms with van der Waals surface area (Å²) in [6.45, 7) is 3.42. The van der Waals surface area contributed by atoms with Crippen LogP contribution in [-0.2, 0) is 16.6 Å². The normalized spacial score (nSPS) is 23.8. The highest BCUT2D eigenvalue weighted by atomic mass is 32.1. The molecule has 3 amide bonds. The van der Waals surface area contributed by atoms with Crippen molar-refractivity contribution < 1.29 is 32.7 Å². The molecule has 9 nitrogen and oxygen atoms in total. The molecular formula is C26H32F3N5O4S. The fourth-order valence-electron chi connectivity index (χ4n) is 5.14. The van der Waals surface area contributed by atoms with E-state index < -0.39 is 29.2 Å². The van der Waals surface area contributed by atoms with Gasteiger partial charge in [-0.3, -0.25) is 19.3 Å². The van der Waals surface area contributed by atoms with Crippen molar-refractivity contribution in [3.05, 3.63) is 51.5 Å². The number of carbonyl (C=O) groups is 3. The Morgan fingerprint density at radius 2 is 1.90 bits per heavy atom. The predicted molar refractivity (Wildman–Crippen MR) is 138 cm³/mol. The number of likely N-dealkylation sites (tertiary alicyclic amines) is 1. The van der Waals surface area contributed by atoms with E-state index in [1.54, 1.807) is 6.20 Å². The lowest BCUT2D eigenvalue weighted by Gasteiger charge is -2.39. The Labute approximate surface area is 228 Å². The lowest BCUT2D eigenvalue weighted by atomic mass is 9.81. The summed E-state index contributed by atoms with van der Waals surface area (Å²) < 4.78 is 38.6. The van der Waals surface area contributed by atoms with Crippen molar-refractivity contribution in [1.29, 1.82) is 0 Å². The van der Waals surface area contributed by atoms with Crippen LogP contribution in [0.1, 0.15) is 69.6 Å². The number of hydrogen-bond acceptors (Lipinski definition) is 7. The largest absolute Gasteiger partial charge is 0.416 e. The molecule has 1 atom stereocenters. The molecule has 39 heavy (non-hydrogen) atoms. The minimum atomic E-state index is -4.56. The number of thiazole rings is 1. The molecule has 13 heteroatoms. The van der Waals surface area contributed by atoms with Crippen molar-refractivity contribution in [2.24, 2.45) is 0 Å². The van der Waals surface area contributed by atoms with E-state index in [0.29, 0.717) is 35.8 Å². The van der Waals surface area contributed by atoms with Gasteiger partial charge in [0.05, 0.1) is 17.0 Å². The van der Waals surface area contributed by atoms with E-state index in [-0.39, 0.29) is 30.1 Å². The molecule has 0 bridgehead atoms. The predicted octanol–water partition coefficient (Wildman–Crippen LogP) is 2.66. The van der Waals surface area contributed by atoms with Crippen molar-refractivity contribution in [2.45, 2.75) is 62.9 Å². The Bertz CT molecular complexity index is 1200. The van der Waals surface area contributed by atoms with E-state index in [0.717, 1.165) is 44.0 Å². The van der Waals surface area contributed by atoms with Gasteiger partial charge in [-0.2, -0.15) is 13.2 Å². The van der Waals surface area contributed by atoms with Crippen LogP contribution in [0.5, 0.6) is 0 Å². The number of benzene rings is 1. The third-order valence-electron chi connectivity index (χ3n) is 7.24. The topological polar surface area (TPSA) is 124 Å². The summed E-state index contributed by atoms with van der Waals surface area (Å²) in [5, 5.41) is 19.5. The zero-order chi connectivity index (χ0) is 28.2. The molecule has 2 aromatic rings. The minimum Gasteiger partial charge on any atom is -0.384 e. The first-order chi connectivity index (χ1) is 18.5. The molecule has 212 valence electrons. The molecule has 1 aromatic carbocycles. The zero-order valence-corrected chi connectivity index (χ0v) is 22.3. The smallest absolute Gasteiger partial charge is 0.384 e. The molecule has 4 rings (SSSR count). The molecule has 2 aliphatic rings. The molecule has 0 spiro atoms. The van der Waals surface area contributed by atoms with Crippen LogP contribution in [0.3, 0.4) is 0 Å². The maximum Gasteiger partial charge on any atom is 0.416 e. The number of rotatable bonds is 8. The molecule has 1 unspecified atom stereocenters. The average Bonchev–Trinajstić information content (AvgIpc) is 3.58. The van der Waals surface area contributed by atoms with Crippen LogP contribution in [0.15, 0.2) is 30.5 Å². The van der Waals surface area contributed by atoms with Crippen LogP contribution >= 0.6 is 11.3 Å². The molecule has 0 radical (unpaired) electrons. The summed E-state index contributed by atoms with van der Waals surface area (Å²) in [4.78, 5) is 43.8. The van der Waals surface area contributed by atoms with Gasteiger partial charge >= 0.3 is 6.18 Å². The van der Waals surface area contributed by atoms with Crippen molar-refractivity contribution in [1.82, 2.24) is 25.8 Å². The number of carbonyl (C=O) groups excluding carboxylic acids is 3. The number of alkyl halides is 3. The van der Waals surface area contributed by atoms with Gasteiger partial charge in [0.15, 0.2) is 5.01 Å². The van der Waals surface area contributed by atoms with Crippen LogP contribution in [0.4, 0.5) is 13.2 Å². The van der Waals surface area contributed by atoms with Gasteiger partial charge in [-0.1, -0.05) is 6.07 Å². The second-order valence-corrected chi connectivity index (χ2v) is 11.0. The molecule has 4 N–H and O–H groups in total. The zero-order valence-electron chi connectivity index (χ0n) is 21.5. The first-order valence-electron chi connectivity index (χ1n) is 12.9. The Morgan fingerprint density at radius 3 is 2.59 bits per heavy atom. The summed E-state index contributed by atoms with van der Waals surface area (Å²) in [5.74, 6) is -1.40. The van der Waals surface area contributed by atoms with Gasteiger partial charge in [0, 0.05) is 43.5 Å². The third-order valence-corrected chi connectivity index (χ3v) is 8.43. The van der Waals surface area contributed by atoms with E-state index in [1.165, 1.54) is 17.4 Å². The van der Waals surface area contributed by atoms with Crippen LogP contribution in [0, 0.1) is 0 Å². The van der Waals surface area contributed by atoms with Gasteiger partial charge in [-0.25, -0.2) is 4.98 Å². The summed E-state index contributed by atoms with van der Waals surface area (Å²) in [6.07, 6.45) is 0.378. The summed E-state index contributed by atoms with van der Waals surface area (Å²) in [7, 11) is 0. The number of nitrogens with one attached hydrogen (secondary N) is 3. The number of aliphatic hydroxyl groups is 1. The monoisotopic (exact) mass is 567 g/mol. The maximum absolute atomic E-state index is 12.9. The average molecular weight is 568 g/mol. The van der Waals surface area contributed by atoms with E-state index >= 15 is 0 Å². The van der Waals surface area contributed by atoms with Crippen LogP contribution in [-0.4, -0.2) is 71.0 Å². The van der Waals surface area contributed by atoms with Crippen LogP contribution < -0.4 is 16.0 Å².